The van der Waals surface area contributed by atoms with Gasteiger partial charge in [-0.05, 0) is 30.2 Å². The van der Waals surface area contributed by atoms with Crippen LogP contribution in [-0.4, -0.2) is 52.8 Å². The Kier molecular flexibility index (Phi) is 6.32. The zero-order valence-electron chi connectivity index (χ0n) is 18.6. The number of benzene rings is 1. The van der Waals surface area contributed by atoms with Crippen molar-refractivity contribution in [3.05, 3.63) is 55.0 Å². The number of aldehydes is 1. The fraction of sp³-hybridized carbons (Fsp3) is 0.346. The summed E-state index contributed by atoms with van der Waals surface area (Å²) in [5, 5.41) is 2.37. The summed E-state index contributed by atoms with van der Waals surface area (Å²) in [5.41, 5.74) is 4.52. The van der Waals surface area contributed by atoms with E-state index in [0.29, 0.717) is 19.1 Å². The SMILES string of the molecule is Cn1c2ccncc2c2ccc(-c3ccc(O[C@H]4C[C@H](OCCCOCC=O)C4)nc3)cc21. The Morgan fingerprint density at radius 1 is 1.00 bits per heavy atom. The highest BCUT2D eigenvalue weighted by molar-refractivity contribution is 6.08. The number of pyridine rings is 2. The van der Waals surface area contributed by atoms with Gasteiger partial charge in [0.25, 0.3) is 0 Å². The van der Waals surface area contributed by atoms with Crippen LogP contribution in [0, 0.1) is 0 Å². The second-order valence-electron chi connectivity index (χ2n) is 8.37. The highest BCUT2D eigenvalue weighted by atomic mass is 16.5. The Morgan fingerprint density at radius 3 is 2.70 bits per heavy atom. The minimum atomic E-state index is 0.139. The monoisotopic (exact) mass is 445 g/mol. The first-order chi connectivity index (χ1) is 16.2. The molecule has 0 unspecified atom stereocenters. The molecule has 7 heteroatoms. The van der Waals surface area contributed by atoms with Crippen LogP contribution in [0.5, 0.6) is 5.88 Å². The number of nitrogens with zero attached hydrogens (tertiary/aromatic N) is 3. The molecule has 1 aliphatic carbocycles. The third kappa shape index (κ3) is 4.60. The number of fused-ring (bicyclic) bond motifs is 3. The molecule has 3 aromatic heterocycles. The van der Waals surface area contributed by atoms with Gasteiger partial charge in [-0.15, -0.1) is 0 Å². The first kappa shape index (κ1) is 21.6. The number of carbonyl (C=O) groups is 1. The van der Waals surface area contributed by atoms with Gasteiger partial charge in [0, 0.05) is 79.6 Å². The number of aryl methyl sites for hydroxylation is 1. The number of ether oxygens (including phenoxy) is 3. The van der Waals surface area contributed by atoms with E-state index in [0.717, 1.165) is 42.1 Å². The Labute approximate surface area is 192 Å². The Balaban J connectivity index is 1.16. The molecule has 4 aromatic rings. The molecule has 0 spiro atoms. The van der Waals surface area contributed by atoms with E-state index in [4.69, 9.17) is 14.2 Å². The van der Waals surface area contributed by atoms with Crippen molar-refractivity contribution < 1.29 is 19.0 Å². The average molecular weight is 446 g/mol. The summed E-state index contributed by atoms with van der Waals surface area (Å²) in [5.74, 6) is 0.640. The van der Waals surface area contributed by atoms with E-state index in [1.807, 2.05) is 30.7 Å². The van der Waals surface area contributed by atoms with Crippen molar-refractivity contribution in [2.75, 3.05) is 19.8 Å². The van der Waals surface area contributed by atoms with Crippen molar-refractivity contribution in [3.8, 4) is 17.0 Å². The lowest BCUT2D eigenvalue weighted by Gasteiger charge is -2.34. The van der Waals surface area contributed by atoms with Gasteiger partial charge in [0.05, 0.1) is 11.6 Å². The summed E-state index contributed by atoms with van der Waals surface area (Å²) in [6, 6.07) is 12.5. The van der Waals surface area contributed by atoms with E-state index in [1.54, 1.807) is 0 Å². The van der Waals surface area contributed by atoms with E-state index in [-0.39, 0.29) is 18.8 Å². The summed E-state index contributed by atoms with van der Waals surface area (Å²) in [6.45, 7) is 1.34. The molecule has 0 N–H and O–H groups in total. The fourth-order valence-electron chi connectivity index (χ4n) is 4.32. The maximum Gasteiger partial charge on any atom is 0.213 e. The maximum atomic E-state index is 10.2. The Hall–Kier alpha value is -3.29. The van der Waals surface area contributed by atoms with Crippen LogP contribution in [0.4, 0.5) is 0 Å². The first-order valence-corrected chi connectivity index (χ1v) is 11.3. The van der Waals surface area contributed by atoms with Crippen molar-refractivity contribution in [1.29, 1.82) is 0 Å². The zero-order chi connectivity index (χ0) is 22.6. The minimum absolute atomic E-state index is 0.139. The number of hydrogen-bond donors (Lipinski definition) is 0. The van der Waals surface area contributed by atoms with Gasteiger partial charge < -0.3 is 23.6 Å². The van der Waals surface area contributed by atoms with E-state index < -0.39 is 0 Å². The smallest absolute Gasteiger partial charge is 0.213 e. The molecule has 0 amide bonds. The molecule has 33 heavy (non-hydrogen) atoms. The predicted molar refractivity (Wildman–Crippen MR) is 126 cm³/mol. The highest BCUT2D eigenvalue weighted by Gasteiger charge is 2.31. The molecular formula is C26H27N3O4. The van der Waals surface area contributed by atoms with Crippen LogP contribution in [0.25, 0.3) is 32.9 Å². The van der Waals surface area contributed by atoms with Crippen molar-refractivity contribution in [2.24, 2.45) is 7.05 Å². The van der Waals surface area contributed by atoms with Crippen LogP contribution >= 0.6 is 0 Å². The predicted octanol–water partition coefficient (Wildman–Crippen LogP) is 4.32. The molecule has 0 aliphatic heterocycles. The van der Waals surface area contributed by atoms with Crippen LogP contribution in [0.3, 0.4) is 0 Å². The van der Waals surface area contributed by atoms with E-state index in [9.17, 15) is 4.79 Å². The van der Waals surface area contributed by atoms with Crippen molar-refractivity contribution >= 4 is 28.1 Å². The quantitative estimate of drug-likeness (QED) is 0.267. The molecular weight excluding hydrogens is 418 g/mol. The largest absolute Gasteiger partial charge is 0.474 e. The average Bonchev–Trinajstić information content (AvgIpc) is 3.11. The number of rotatable bonds is 10. The van der Waals surface area contributed by atoms with Gasteiger partial charge in [-0.25, -0.2) is 4.98 Å². The Bertz CT molecular complexity index is 1250. The molecule has 1 saturated carbocycles. The molecule has 0 radical (unpaired) electrons. The maximum absolute atomic E-state index is 10.2. The fourth-order valence-corrected chi connectivity index (χ4v) is 4.32. The van der Waals surface area contributed by atoms with Gasteiger partial charge in [-0.3, -0.25) is 4.98 Å². The zero-order valence-corrected chi connectivity index (χ0v) is 18.6. The lowest BCUT2D eigenvalue weighted by molar-refractivity contribution is -0.112. The summed E-state index contributed by atoms with van der Waals surface area (Å²) >= 11 is 0. The van der Waals surface area contributed by atoms with Gasteiger partial charge >= 0.3 is 0 Å². The topological polar surface area (TPSA) is 75.5 Å². The van der Waals surface area contributed by atoms with Gasteiger partial charge in [-0.2, -0.15) is 0 Å². The number of hydrogen-bond acceptors (Lipinski definition) is 6. The summed E-state index contributed by atoms with van der Waals surface area (Å²) in [4.78, 5) is 19.0. The van der Waals surface area contributed by atoms with Crippen LogP contribution in [0.2, 0.25) is 0 Å². The molecule has 3 heterocycles. The van der Waals surface area contributed by atoms with Crippen LogP contribution < -0.4 is 4.74 Å². The molecule has 170 valence electrons. The van der Waals surface area contributed by atoms with Gasteiger partial charge in [0.15, 0.2) is 0 Å². The van der Waals surface area contributed by atoms with Crippen molar-refractivity contribution in [1.82, 2.24) is 14.5 Å². The molecule has 0 atom stereocenters. The first-order valence-electron chi connectivity index (χ1n) is 11.3. The molecule has 5 rings (SSSR count). The molecule has 1 fully saturated rings. The second-order valence-corrected chi connectivity index (χ2v) is 8.37. The lowest BCUT2D eigenvalue weighted by atomic mass is 9.92. The molecule has 0 bridgehead atoms. The van der Waals surface area contributed by atoms with Gasteiger partial charge in [0.2, 0.25) is 5.88 Å². The van der Waals surface area contributed by atoms with Crippen LogP contribution in [-0.2, 0) is 21.3 Å². The third-order valence-electron chi connectivity index (χ3n) is 6.19. The summed E-state index contributed by atoms with van der Waals surface area (Å²) in [6.07, 6.45) is 9.27. The second kappa shape index (κ2) is 9.68. The minimum Gasteiger partial charge on any atom is -0.474 e. The van der Waals surface area contributed by atoms with Crippen molar-refractivity contribution in [3.63, 3.8) is 0 Å². The summed E-state index contributed by atoms with van der Waals surface area (Å²) in [7, 11) is 2.08. The van der Waals surface area contributed by atoms with Crippen LogP contribution in [0.15, 0.2) is 55.0 Å². The van der Waals surface area contributed by atoms with Crippen molar-refractivity contribution in [2.45, 2.75) is 31.5 Å². The molecule has 7 nitrogen and oxygen atoms in total. The molecule has 1 aromatic carbocycles. The molecule has 1 aliphatic rings. The molecule has 0 saturated heterocycles. The van der Waals surface area contributed by atoms with E-state index in [2.05, 4.69) is 45.8 Å². The normalized spacial score (nSPS) is 17.8. The third-order valence-corrected chi connectivity index (χ3v) is 6.19. The number of carbonyl (C=O) groups excluding carboxylic acids is 1. The Morgan fingerprint density at radius 2 is 1.88 bits per heavy atom. The van der Waals surface area contributed by atoms with Gasteiger partial charge in [-0.1, -0.05) is 12.1 Å². The van der Waals surface area contributed by atoms with Crippen LogP contribution in [0.1, 0.15) is 19.3 Å². The lowest BCUT2D eigenvalue weighted by Crippen LogP contribution is -2.39. The highest BCUT2D eigenvalue weighted by Crippen LogP contribution is 2.32. The van der Waals surface area contributed by atoms with Gasteiger partial charge in [0.1, 0.15) is 19.0 Å². The van der Waals surface area contributed by atoms with E-state index in [1.165, 1.54) is 16.4 Å². The summed E-state index contributed by atoms with van der Waals surface area (Å²) < 4.78 is 19.1. The van der Waals surface area contributed by atoms with E-state index >= 15 is 0 Å². The number of aromatic nitrogens is 3. The standard InChI is InChI=1S/C26H27N3O4/c1-29-24-7-8-27-17-23(24)22-5-3-18(13-25(22)29)19-4-6-26(28-16-19)33-21-14-20(15-21)32-11-2-10-31-12-9-30/h3-9,13,16-17,20-21H,2,10-12,14-15H2,1H3/t20-,21-.